The van der Waals surface area contributed by atoms with Crippen LogP contribution in [0.25, 0.3) is 10.9 Å². The van der Waals surface area contributed by atoms with E-state index in [9.17, 15) is 18.4 Å². The molecule has 0 aliphatic carbocycles. The van der Waals surface area contributed by atoms with Gasteiger partial charge in [0, 0.05) is 7.05 Å². The van der Waals surface area contributed by atoms with Crippen LogP contribution >= 0.6 is 0 Å². The van der Waals surface area contributed by atoms with Gasteiger partial charge in [-0.05, 0) is 19.1 Å². The fraction of sp³-hybridized carbons (Fsp3) is 0.286. The highest BCUT2D eigenvalue weighted by molar-refractivity contribution is 5.77. The number of benzene rings is 1. The highest BCUT2D eigenvalue weighted by Gasteiger charge is 2.21. The minimum Gasteiger partial charge on any atom is -0.307 e. The summed E-state index contributed by atoms with van der Waals surface area (Å²) in [6, 6.07) is 5.03. The highest BCUT2D eigenvalue weighted by atomic mass is 19.3. The second-order valence-electron chi connectivity index (χ2n) is 5.22. The second kappa shape index (κ2) is 5.41. The Morgan fingerprint density at radius 1 is 1.30 bits per heavy atom. The number of halogens is 2. The van der Waals surface area contributed by atoms with Gasteiger partial charge in [-0.2, -0.15) is 0 Å². The van der Waals surface area contributed by atoms with Gasteiger partial charge in [0.2, 0.25) is 0 Å². The van der Waals surface area contributed by atoms with Gasteiger partial charge in [0.15, 0.2) is 0 Å². The quantitative estimate of drug-likeness (QED) is 0.783. The smallest absolute Gasteiger partial charge is 0.307 e. The van der Waals surface area contributed by atoms with Crippen molar-refractivity contribution in [1.29, 1.82) is 0 Å². The van der Waals surface area contributed by atoms with Crippen LogP contribution in [0.3, 0.4) is 0 Å². The van der Waals surface area contributed by atoms with Crippen molar-refractivity contribution < 1.29 is 8.78 Å². The molecule has 3 rings (SSSR count). The lowest BCUT2D eigenvalue weighted by Crippen LogP contribution is -2.35. The standard InChI is InChI=1S/C14H13F2N5O2/c1-7-3-4-9-8(5-7)13(22)21(14(23)17-9)6-10-11(12(15)16)20(2)19-18-10/h3-5,12H,6H2,1-2H3,(H,17,23). The molecule has 0 amide bonds. The van der Waals surface area contributed by atoms with Crippen LogP contribution < -0.4 is 11.2 Å². The number of hydrogen-bond donors (Lipinski definition) is 1. The molecule has 1 aromatic carbocycles. The molecule has 23 heavy (non-hydrogen) atoms. The second-order valence-corrected chi connectivity index (χ2v) is 5.22. The zero-order valence-electron chi connectivity index (χ0n) is 12.4. The Balaban J connectivity index is 2.18. The summed E-state index contributed by atoms with van der Waals surface area (Å²) in [4.78, 5) is 27.2. The Morgan fingerprint density at radius 2 is 2.04 bits per heavy atom. The minimum absolute atomic E-state index is 0.109. The number of aromatic nitrogens is 5. The summed E-state index contributed by atoms with van der Waals surface area (Å²) in [7, 11) is 1.33. The molecule has 1 N–H and O–H groups in total. The van der Waals surface area contributed by atoms with Gasteiger partial charge in [-0.3, -0.25) is 9.36 Å². The van der Waals surface area contributed by atoms with Gasteiger partial charge in [-0.1, -0.05) is 16.8 Å². The lowest BCUT2D eigenvalue weighted by atomic mass is 10.2. The number of nitrogens with zero attached hydrogens (tertiary/aromatic N) is 4. The van der Waals surface area contributed by atoms with Crippen LogP contribution in [0.15, 0.2) is 27.8 Å². The third-order valence-electron chi connectivity index (χ3n) is 3.60. The van der Waals surface area contributed by atoms with E-state index >= 15 is 0 Å². The average molecular weight is 321 g/mol. The molecule has 9 heteroatoms. The summed E-state index contributed by atoms with van der Waals surface area (Å²) in [6.07, 6.45) is -2.80. The van der Waals surface area contributed by atoms with Crippen molar-refractivity contribution in [3.63, 3.8) is 0 Å². The summed E-state index contributed by atoms with van der Waals surface area (Å²) in [5, 5.41) is 7.47. The molecule has 3 aromatic rings. The van der Waals surface area contributed by atoms with Crippen LogP contribution in [0.2, 0.25) is 0 Å². The lowest BCUT2D eigenvalue weighted by Gasteiger charge is -2.07. The first-order valence-corrected chi connectivity index (χ1v) is 6.78. The molecular formula is C14H13F2N5O2. The predicted octanol–water partition coefficient (Wildman–Crippen LogP) is 1.11. The molecule has 0 saturated heterocycles. The number of aromatic amines is 1. The molecule has 7 nitrogen and oxygen atoms in total. The van der Waals surface area contributed by atoms with Gasteiger partial charge in [0.25, 0.3) is 12.0 Å². The van der Waals surface area contributed by atoms with Crippen molar-refractivity contribution in [3.05, 3.63) is 56.0 Å². The SMILES string of the molecule is Cc1ccc2[nH]c(=O)n(Cc3nnn(C)c3C(F)F)c(=O)c2c1. The molecule has 120 valence electrons. The largest absolute Gasteiger partial charge is 0.329 e. The summed E-state index contributed by atoms with van der Waals surface area (Å²) in [6.45, 7) is 1.44. The number of nitrogens with one attached hydrogen (secondary N) is 1. The van der Waals surface area contributed by atoms with Gasteiger partial charge < -0.3 is 4.98 Å². The first kappa shape index (κ1) is 15.1. The van der Waals surface area contributed by atoms with E-state index in [-0.39, 0.29) is 12.2 Å². The monoisotopic (exact) mass is 321 g/mol. The van der Waals surface area contributed by atoms with E-state index in [0.717, 1.165) is 14.8 Å². The molecule has 0 saturated carbocycles. The van der Waals surface area contributed by atoms with Gasteiger partial charge in [0.05, 0.1) is 17.4 Å². The number of aryl methyl sites for hydroxylation is 2. The Labute approximate surface area is 128 Å². The number of H-pyrrole nitrogens is 1. The van der Waals surface area contributed by atoms with Crippen molar-refractivity contribution in [3.8, 4) is 0 Å². The number of alkyl halides is 2. The molecule has 0 unspecified atom stereocenters. The average Bonchev–Trinajstić information content (AvgIpc) is 2.85. The van der Waals surface area contributed by atoms with Crippen molar-refractivity contribution in [2.45, 2.75) is 19.9 Å². The summed E-state index contributed by atoms with van der Waals surface area (Å²) >= 11 is 0. The molecular weight excluding hydrogens is 308 g/mol. The Morgan fingerprint density at radius 3 is 2.74 bits per heavy atom. The zero-order chi connectivity index (χ0) is 16.7. The van der Waals surface area contributed by atoms with Crippen molar-refractivity contribution in [2.75, 3.05) is 0 Å². The van der Waals surface area contributed by atoms with E-state index in [1.165, 1.54) is 7.05 Å². The lowest BCUT2D eigenvalue weighted by molar-refractivity contribution is 0.139. The van der Waals surface area contributed by atoms with E-state index in [0.29, 0.717) is 10.9 Å². The fourth-order valence-corrected chi connectivity index (χ4v) is 2.44. The normalized spacial score (nSPS) is 11.5. The Bertz CT molecular complexity index is 1000. The predicted molar refractivity (Wildman–Crippen MR) is 78.6 cm³/mol. The van der Waals surface area contributed by atoms with E-state index in [1.54, 1.807) is 18.2 Å². The van der Waals surface area contributed by atoms with Gasteiger partial charge in [0.1, 0.15) is 11.4 Å². The first-order chi connectivity index (χ1) is 10.9. The van der Waals surface area contributed by atoms with Crippen LogP contribution in [0, 0.1) is 6.92 Å². The molecule has 0 spiro atoms. The molecule has 0 aliphatic rings. The van der Waals surface area contributed by atoms with Crippen LogP contribution in [-0.4, -0.2) is 24.5 Å². The molecule has 2 heterocycles. The van der Waals surface area contributed by atoms with Crippen LogP contribution in [0.5, 0.6) is 0 Å². The highest BCUT2D eigenvalue weighted by Crippen LogP contribution is 2.20. The molecule has 0 atom stereocenters. The maximum atomic E-state index is 13.1. The zero-order valence-corrected chi connectivity index (χ0v) is 12.4. The maximum absolute atomic E-state index is 13.1. The third-order valence-corrected chi connectivity index (χ3v) is 3.60. The van der Waals surface area contributed by atoms with Crippen LogP contribution in [-0.2, 0) is 13.6 Å². The topological polar surface area (TPSA) is 85.6 Å². The van der Waals surface area contributed by atoms with E-state index in [1.807, 2.05) is 6.92 Å². The van der Waals surface area contributed by atoms with E-state index in [4.69, 9.17) is 0 Å². The third kappa shape index (κ3) is 2.54. The Hall–Kier alpha value is -2.84. The van der Waals surface area contributed by atoms with Crippen molar-refractivity contribution in [2.24, 2.45) is 7.05 Å². The van der Waals surface area contributed by atoms with Gasteiger partial charge >= 0.3 is 5.69 Å². The van der Waals surface area contributed by atoms with Crippen molar-refractivity contribution in [1.82, 2.24) is 24.5 Å². The summed E-state index contributed by atoms with van der Waals surface area (Å²) in [5.41, 5.74) is -0.519. The first-order valence-electron chi connectivity index (χ1n) is 6.78. The van der Waals surface area contributed by atoms with Crippen LogP contribution in [0.4, 0.5) is 8.78 Å². The number of hydrogen-bond acceptors (Lipinski definition) is 4. The van der Waals surface area contributed by atoms with Gasteiger partial charge in [-0.25, -0.2) is 18.3 Å². The summed E-state index contributed by atoms with van der Waals surface area (Å²) in [5.74, 6) is 0. The van der Waals surface area contributed by atoms with Crippen molar-refractivity contribution >= 4 is 10.9 Å². The van der Waals surface area contributed by atoms with Crippen LogP contribution in [0.1, 0.15) is 23.4 Å². The molecule has 0 fully saturated rings. The molecule has 2 aromatic heterocycles. The van der Waals surface area contributed by atoms with E-state index in [2.05, 4.69) is 15.3 Å². The van der Waals surface area contributed by atoms with E-state index < -0.39 is 23.4 Å². The number of fused-ring (bicyclic) bond motifs is 1. The molecule has 0 radical (unpaired) electrons. The minimum atomic E-state index is -2.80. The summed E-state index contributed by atoms with van der Waals surface area (Å²) < 4.78 is 27.9. The fourth-order valence-electron chi connectivity index (χ4n) is 2.44. The number of rotatable bonds is 3. The van der Waals surface area contributed by atoms with Gasteiger partial charge in [-0.15, -0.1) is 5.10 Å². The molecule has 0 bridgehead atoms. The Kier molecular flexibility index (Phi) is 3.55. The maximum Gasteiger partial charge on any atom is 0.329 e. The molecule has 0 aliphatic heterocycles.